The molecule has 4 rings (SSSR count). The summed E-state index contributed by atoms with van der Waals surface area (Å²) in [6.07, 6.45) is 2.37. The van der Waals surface area contributed by atoms with Crippen LogP contribution in [0.5, 0.6) is 0 Å². The van der Waals surface area contributed by atoms with Crippen molar-refractivity contribution in [3.8, 4) is 0 Å². The number of allylic oxidation sites excluding steroid dienone is 1. The third-order valence-electron chi connectivity index (χ3n) is 5.42. The monoisotopic (exact) mass is 417 g/mol. The van der Waals surface area contributed by atoms with E-state index in [1.807, 2.05) is 50.2 Å². The van der Waals surface area contributed by atoms with Crippen molar-refractivity contribution in [3.05, 3.63) is 100 Å². The predicted octanol–water partition coefficient (Wildman–Crippen LogP) is 5.52. The van der Waals surface area contributed by atoms with Crippen molar-refractivity contribution in [2.24, 2.45) is 0 Å². The molecule has 152 valence electrons. The zero-order valence-corrected chi connectivity index (χ0v) is 18.0. The summed E-state index contributed by atoms with van der Waals surface area (Å²) < 4.78 is 26.7. The molecule has 0 saturated heterocycles. The van der Waals surface area contributed by atoms with Crippen LogP contribution in [0.2, 0.25) is 0 Å². The molecule has 0 spiro atoms. The van der Waals surface area contributed by atoms with Gasteiger partial charge in [-0.2, -0.15) is 0 Å². The second-order valence-corrected chi connectivity index (χ2v) is 9.39. The summed E-state index contributed by atoms with van der Waals surface area (Å²) in [7, 11) is -3.94. The topological polar surface area (TPSA) is 54.5 Å². The van der Waals surface area contributed by atoms with Crippen LogP contribution in [-0.2, 0) is 16.3 Å². The summed E-state index contributed by atoms with van der Waals surface area (Å²) in [4.78, 5) is 15.1. The van der Waals surface area contributed by atoms with Crippen molar-refractivity contribution < 1.29 is 13.2 Å². The number of fused-ring (bicyclic) bond motifs is 1. The summed E-state index contributed by atoms with van der Waals surface area (Å²) in [5.74, 6) is -0.489. The normalized spacial score (nSPS) is 14.8. The highest BCUT2D eigenvalue weighted by Crippen LogP contribution is 2.40. The molecule has 0 aromatic heterocycles. The second-order valence-electron chi connectivity index (χ2n) is 7.50. The predicted molar refractivity (Wildman–Crippen MR) is 120 cm³/mol. The Bertz CT molecular complexity index is 1270. The Morgan fingerprint density at radius 3 is 2.30 bits per heavy atom. The number of hydrogen-bond donors (Lipinski definition) is 0. The first kappa shape index (κ1) is 20.1. The fourth-order valence-electron chi connectivity index (χ4n) is 3.75. The highest BCUT2D eigenvalue weighted by Gasteiger charge is 2.36. The van der Waals surface area contributed by atoms with E-state index in [0.29, 0.717) is 11.3 Å². The molecule has 0 aliphatic carbocycles. The summed E-state index contributed by atoms with van der Waals surface area (Å²) in [6.45, 7) is 5.85. The van der Waals surface area contributed by atoms with Gasteiger partial charge in [0.2, 0.25) is 15.6 Å². The Morgan fingerprint density at radius 1 is 0.933 bits per heavy atom. The molecular weight excluding hydrogens is 394 g/mol. The van der Waals surface area contributed by atoms with Gasteiger partial charge in [-0.3, -0.25) is 4.79 Å². The third-order valence-corrected chi connectivity index (χ3v) is 7.22. The molecule has 4 nitrogen and oxygen atoms in total. The highest BCUT2D eigenvalue weighted by molar-refractivity contribution is 7.96. The Balaban J connectivity index is 1.90. The molecule has 3 aromatic rings. The van der Waals surface area contributed by atoms with Crippen LogP contribution in [0.4, 0.5) is 11.4 Å². The van der Waals surface area contributed by atoms with Gasteiger partial charge in [0, 0.05) is 17.5 Å². The van der Waals surface area contributed by atoms with Crippen molar-refractivity contribution in [1.82, 2.24) is 0 Å². The van der Waals surface area contributed by atoms with E-state index in [2.05, 4.69) is 6.92 Å². The number of sulfone groups is 1. The number of rotatable bonds is 4. The third kappa shape index (κ3) is 3.35. The van der Waals surface area contributed by atoms with E-state index in [-0.39, 0.29) is 9.80 Å². The molecule has 0 amide bonds. The zero-order valence-electron chi connectivity index (χ0n) is 17.2. The van der Waals surface area contributed by atoms with Gasteiger partial charge >= 0.3 is 0 Å². The largest absolute Gasteiger partial charge is 0.314 e. The van der Waals surface area contributed by atoms with Gasteiger partial charge in [-0.05, 0) is 55.7 Å². The van der Waals surface area contributed by atoms with Crippen molar-refractivity contribution in [2.45, 2.75) is 32.1 Å². The maximum absolute atomic E-state index is 13.4. The fourth-order valence-corrected chi connectivity index (χ4v) is 5.28. The average Bonchev–Trinajstić information content (AvgIpc) is 2.74. The molecular formula is C25H23NO3S. The Kier molecular flexibility index (Phi) is 5.08. The number of hydrogen-bond acceptors (Lipinski definition) is 4. The molecule has 1 aliphatic heterocycles. The van der Waals surface area contributed by atoms with E-state index >= 15 is 0 Å². The maximum atomic E-state index is 13.4. The fraction of sp³-hybridized carbons (Fsp3) is 0.160. The van der Waals surface area contributed by atoms with Crippen LogP contribution in [0.15, 0.2) is 82.7 Å². The molecule has 0 radical (unpaired) electrons. The highest BCUT2D eigenvalue weighted by atomic mass is 32.2. The SMILES string of the molecule is CCc1ccc(N2C=C(C(=O)c3ccc(C)cc3C)S(=O)(=O)c3ccccc32)cc1. The first-order valence-corrected chi connectivity index (χ1v) is 11.4. The Hall–Kier alpha value is -3.18. The molecule has 0 fully saturated rings. The quantitative estimate of drug-likeness (QED) is 0.525. The van der Waals surface area contributed by atoms with Crippen LogP contribution >= 0.6 is 0 Å². The lowest BCUT2D eigenvalue weighted by atomic mass is 10.0. The number of ketones is 1. The molecule has 0 saturated carbocycles. The number of anilines is 2. The van der Waals surface area contributed by atoms with E-state index in [0.717, 1.165) is 23.2 Å². The molecule has 0 atom stereocenters. The van der Waals surface area contributed by atoms with Crippen LogP contribution in [-0.4, -0.2) is 14.2 Å². The van der Waals surface area contributed by atoms with Gasteiger partial charge in [0.1, 0.15) is 4.91 Å². The lowest BCUT2D eigenvalue weighted by molar-refractivity contribution is 0.104. The number of aryl methyl sites for hydroxylation is 3. The van der Waals surface area contributed by atoms with E-state index in [1.54, 1.807) is 35.2 Å². The van der Waals surface area contributed by atoms with Crippen molar-refractivity contribution in [1.29, 1.82) is 0 Å². The lowest BCUT2D eigenvalue weighted by Gasteiger charge is -2.29. The molecule has 1 aliphatic rings. The van der Waals surface area contributed by atoms with Crippen LogP contribution in [0.1, 0.15) is 34.0 Å². The average molecular weight is 418 g/mol. The molecule has 1 heterocycles. The number of nitrogens with zero attached hydrogens (tertiary/aromatic N) is 1. The van der Waals surface area contributed by atoms with Gasteiger partial charge in [-0.1, -0.05) is 55.0 Å². The van der Waals surface area contributed by atoms with Gasteiger partial charge in [0.15, 0.2) is 0 Å². The number of carbonyl (C=O) groups is 1. The minimum absolute atomic E-state index is 0.139. The summed E-state index contributed by atoms with van der Waals surface area (Å²) in [6, 6.07) is 20.1. The molecule has 30 heavy (non-hydrogen) atoms. The molecule has 5 heteroatoms. The van der Waals surface area contributed by atoms with Crippen LogP contribution in [0.25, 0.3) is 0 Å². The first-order chi connectivity index (χ1) is 14.3. The number of para-hydroxylation sites is 1. The van der Waals surface area contributed by atoms with Crippen LogP contribution < -0.4 is 4.90 Å². The molecule has 0 N–H and O–H groups in total. The Labute approximate surface area is 177 Å². The Morgan fingerprint density at radius 2 is 1.63 bits per heavy atom. The zero-order chi connectivity index (χ0) is 21.5. The van der Waals surface area contributed by atoms with E-state index < -0.39 is 15.6 Å². The molecule has 3 aromatic carbocycles. The number of Topliss-reactive ketones (excluding diaryl/α,β-unsaturated/α-hetero) is 1. The minimum atomic E-state index is -3.94. The van der Waals surface area contributed by atoms with Gasteiger partial charge < -0.3 is 4.90 Å². The van der Waals surface area contributed by atoms with Crippen LogP contribution in [0.3, 0.4) is 0 Å². The van der Waals surface area contributed by atoms with Crippen molar-refractivity contribution in [3.63, 3.8) is 0 Å². The maximum Gasteiger partial charge on any atom is 0.214 e. The first-order valence-electron chi connectivity index (χ1n) is 9.89. The smallest absolute Gasteiger partial charge is 0.214 e. The van der Waals surface area contributed by atoms with Gasteiger partial charge in [0.05, 0.1) is 10.6 Å². The molecule has 0 bridgehead atoms. The van der Waals surface area contributed by atoms with Crippen molar-refractivity contribution >= 4 is 27.0 Å². The van der Waals surface area contributed by atoms with Gasteiger partial charge in [-0.15, -0.1) is 0 Å². The summed E-state index contributed by atoms with van der Waals surface area (Å²) in [5.41, 5.74) is 4.71. The van der Waals surface area contributed by atoms with E-state index in [9.17, 15) is 13.2 Å². The van der Waals surface area contributed by atoms with E-state index in [1.165, 1.54) is 11.8 Å². The van der Waals surface area contributed by atoms with E-state index in [4.69, 9.17) is 0 Å². The standard InChI is InChI=1S/C25H23NO3S/c1-4-19-10-12-20(13-11-19)26-16-24(25(27)21-14-9-17(2)15-18(21)3)30(28,29)23-8-6-5-7-22(23)26/h5-16H,4H2,1-3H3. The number of benzene rings is 3. The van der Waals surface area contributed by atoms with Crippen LogP contribution in [0, 0.1) is 13.8 Å². The van der Waals surface area contributed by atoms with Crippen molar-refractivity contribution in [2.75, 3.05) is 4.90 Å². The molecule has 0 unspecified atom stereocenters. The van der Waals surface area contributed by atoms with Gasteiger partial charge in [0.25, 0.3) is 0 Å². The van der Waals surface area contributed by atoms with Gasteiger partial charge in [-0.25, -0.2) is 8.42 Å². The summed E-state index contributed by atoms with van der Waals surface area (Å²) >= 11 is 0. The minimum Gasteiger partial charge on any atom is -0.314 e. The lowest BCUT2D eigenvalue weighted by Crippen LogP contribution is -2.26. The second kappa shape index (κ2) is 7.58. The number of carbonyl (C=O) groups excluding carboxylic acids is 1. The summed E-state index contributed by atoms with van der Waals surface area (Å²) in [5, 5.41) is 0.